The number of pyridine rings is 1. The van der Waals surface area contributed by atoms with Crippen molar-refractivity contribution < 1.29 is 9.90 Å². The lowest BCUT2D eigenvalue weighted by atomic mass is 10.0. The molecule has 1 heterocycles. The number of hydrogen-bond donors (Lipinski definition) is 2. The minimum atomic E-state index is -0.220. The van der Waals surface area contributed by atoms with Crippen LogP contribution in [0.15, 0.2) is 82.9 Å². The number of phenolic OH excluding ortho intramolecular Hbond substituents is 1. The van der Waals surface area contributed by atoms with Crippen molar-refractivity contribution in [2.45, 2.75) is 11.8 Å². The number of hydrazone groups is 1. The molecule has 4 aromatic rings. The molecule has 0 unspecified atom stereocenters. The lowest BCUT2D eigenvalue weighted by molar-refractivity contribution is -0.118. The van der Waals surface area contributed by atoms with Gasteiger partial charge in [-0.25, -0.2) is 5.43 Å². The van der Waals surface area contributed by atoms with Gasteiger partial charge in [0.1, 0.15) is 5.75 Å². The molecule has 4 rings (SSSR count). The van der Waals surface area contributed by atoms with Gasteiger partial charge in [0, 0.05) is 27.4 Å². The predicted octanol–water partition coefficient (Wildman–Crippen LogP) is 4.73. The van der Waals surface area contributed by atoms with Crippen LogP contribution in [0.1, 0.15) is 12.5 Å². The summed E-state index contributed by atoms with van der Waals surface area (Å²) in [5, 5.41) is 17.4. The summed E-state index contributed by atoms with van der Waals surface area (Å²) in [6.07, 6.45) is 1.75. The molecule has 0 saturated carbocycles. The summed E-state index contributed by atoms with van der Waals surface area (Å²) in [4.78, 5) is 17.6. The number of phenols is 1. The SMILES string of the molecule is C/C(=N\NC(=O)CSc1cccc2cccnc12)c1ccc2ccccc2c1O. The van der Waals surface area contributed by atoms with Gasteiger partial charge in [0.25, 0.3) is 0 Å². The van der Waals surface area contributed by atoms with Crippen LogP contribution in [0.4, 0.5) is 0 Å². The first-order valence-corrected chi connectivity index (χ1v) is 10.1. The summed E-state index contributed by atoms with van der Waals surface area (Å²) >= 11 is 1.42. The quantitative estimate of drug-likeness (QED) is 0.288. The van der Waals surface area contributed by atoms with Gasteiger partial charge >= 0.3 is 0 Å². The highest BCUT2D eigenvalue weighted by Gasteiger charge is 2.10. The average Bonchev–Trinajstić information content (AvgIpc) is 2.76. The predicted molar refractivity (Wildman–Crippen MR) is 118 cm³/mol. The fraction of sp³-hybridized carbons (Fsp3) is 0.0870. The molecule has 5 nitrogen and oxygen atoms in total. The van der Waals surface area contributed by atoms with E-state index in [0.29, 0.717) is 11.3 Å². The van der Waals surface area contributed by atoms with E-state index < -0.39 is 0 Å². The van der Waals surface area contributed by atoms with E-state index in [4.69, 9.17) is 0 Å². The van der Waals surface area contributed by atoms with Gasteiger partial charge in [-0.3, -0.25) is 9.78 Å². The zero-order chi connectivity index (χ0) is 20.2. The number of rotatable bonds is 5. The van der Waals surface area contributed by atoms with Gasteiger partial charge in [0.2, 0.25) is 5.91 Å². The Labute approximate surface area is 172 Å². The molecule has 29 heavy (non-hydrogen) atoms. The molecule has 0 aliphatic carbocycles. The van der Waals surface area contributed by atoms with Crippen LogP contribution in [0.3, 0.4) is 0 Å². The number of benzene rings is 3. The van der Waals surface area contributed by atoms with Crippen molar-refractivity contribution in [3.63, 3.8) is 0 Å². The molecule has 0 spiro atoms. The van der Waals surface area contributed by atoms with Crippen molar-refractivity contribution in [3.05, 3.63) is 78.5 Å². The maximum Gasteiger partial charge on any atom is 0.250 e. The number of carbonyl (C=O) groups is 1. The van der Waals surface area contributed by atoms with E-state index in [0.717, 1.165) is 26.6 Å². The second-order valence-corrected chi connectivity index (χ2v) is 7.55. The van der Waals surface area contributed by atoms with Crippen molar-refractivity contribution in [2.75, 3.05) is 5.75 Å². The van der Waals surface area contributed by atoms with Crippen LogP contribution < -0.4 is 5.43 Å². The molecule has 1 amide bonds. The largest absolute Gasteiger partial charge is 0.507 e. The van der Waals surface area contributed by atoms with Gasteiger partial charge < -0.3 is 5.11 Å². The van der Waals surface area contributed by atoms with E-state index >= 15 is 0 Å². The lowest BCUT2D eigenvalue weighted by Crippen LogP contribution is -2.21. The van der Waals surface area contributed by atoms with Gasteiger partial charge in [-0.15, -0.1) is 11.8 Å². The molecule has 0 bridgehead atoms. The van der Waals surface area contributed by atoms with Gasteiger partial charge in [-0.2, -0.15) is 5.10 Å². The van der Waals surface area contributed by atoms with Crippen LogP contribution in [0.2, 0.25) is 0 Å². The number of fused-ring (bicyclic) bond motifs is 2. The molecule has 0 radical (unpaired) electrons. The highest BCUT2D eigenvalue weighted by molar-refractivity contribution is 8.00. The van der Waals surface area contributed by atoms with E-state index in [-0.39, 0.29) is 17.4 Å². The van der Waals surface area contributed by atoms with E-state index in [1.807, 2.05) is 60.7 Å². The Morgan fingerprint density at radius 1 is 1.03 bits per heavy atom. The molecule has 0 saturated heterocycles. The van der Waals surface area contributed by atoms with Crippen molar-refractivity contribution in [2.24, 2.45) is 5.10 Å². The summed E-state index contributed by atoms with van der Waals surface area (Å²) in [5.74, 6) is 0.160. The van der Waals surface area contributed by atoms with Crippen molar-refractivity contribution in [3.8, 4) is 5.75 Å². The fourth-order valence-corrected chi connectivity index (χ4v) is 3.95. The minimum Gasteiger partial charge on any atom is -0.507 e. The van der Waals surface area contributed by atoms with Gasteiger partial charge in [-0.05, 0) is 30.5 Å². The van der Waals surface area contributed by atoms with Crippen molar-refractivity contribution >= 4 is 45.1 Å². The number of carbonyl (C=O) groups excluding carboxylic acids is 1. The Hall–Kier alpha value is -3.38. The number of amides is 1. The Morgan fingerprint density at radius 2 is 1.83 bits per heavy atom. The normalized spacial score (nSPS) is 11.7. The maximum atomic E-state index is 12.3. The number of aromatic hydroxyl groups is 1. The Morgan fingerprint density at radius 3 is 2.72 bits per heavy atom. The number of nitrogens with one attached hydrogen (secondary N) is 1. The zero-order valence-corrected chi connectivity index (χ0v) is 16.6. The minimum absolute atomic E-state index is 0.162. The highest BCUT2D eigenvalue weighted by Crippen LogP contribution is 2.29. The Bertz CT molecular complexity index is 1230. The lowest BCUT2D eigenvalue weighted by Gasteiger charge is -2.08. The first-order chi connectivity index (χ1) is 14.1. The average molecular weight is 401 g/mol. The van der Waals surface area contributed by atoms with Crippen LogP contribution in [-0.2, 0) is 4.79 Å². The summed E-state index contributed by atoms with van der Waals surface area (Å²) in [7, 11) is 0. The molecule has 144 valence electrons. The fourth-order valence-electron chi connectivity index (χ4n) is 3.12. The van der Waals surface area contributed by atoms with E-state index in [9.17, 15) is 9.90 Å². The summed E-state index contributed by atoms with van der Waals surface area (Å²) < 4.78 is 0. The van der Waals surface area contributed by atoms with E-state index in [2.05, 4.69) is 15.5 Å². The molecule has 0 fully saturated rings. The summed E-state index contributed by atoms with van der Waals surface area (Å²) in [6.45, 7) is 1.76. The topological polar surface area (TPSA) is 74.6 Å². The molecule has 0 aliphatic heterocycles. The van der Waals surface area contributed by atoms with Crippen molar-refractivity contribution in [1.29, 1.82) is 0 Å². The number of nitrogens with zero attached hydrogens (tertiary/aromatic N) is 2. The molecule has 2 N–H and O–H groups in total. The third-order valence-corrected chi connectivity index (χ3v) is 5.64. The monoisotopic (exact) mass is 401 g/mol. The van der Waals surface area contributed by atoms with Crippen LogP contribution in [0.25, 0.3) is 21.7 Å². The smallest absolute Gasteiger partial charge is 0.250 e. The zero-order valence-electron chi connectivity index (χ0n) is 15.8. The summed E-state index contributed by atoms with van der Waals surface area (Å²) in [5.41, 5.74) is 4.59. The Balaban J connectivity index is 1.45. The number of hydrogen-bond acceptors (Lipinski definition) is 5. The standard InChI is InChI=1S/C23H19N3O2S/c1-15(18-12-11-16-6-2-3-9-19(16)23(18)28)25-26-21(27)14-29-20-10-4-7-17-8-5-13-24-22(17)20/h2-13,28H,14H2,1H3,(H,26,27)/b25-15+. The number of para-hydroxylation sites is 1. The third kappa shape index (κ3) is 4.07. The molecular weight excluding hydrogens is 382 g/mol. The highest BCUT2D eigenvalue weighted by atomic mass is 32.2. The third-order valence-electron chi connectivity index (χ3n) is 4.59. The number of aromatic nitrogens is 1. The second-order valence-electron chi connectivity index (χ2n) is 6.54. The summed E-state index contributed by atoms with van der Waals surface area (Å²) in [6, 6.07) is 21.1. The van der Waals surface area contributed by atoms with Crippen LogP contribution in [-0.4, -0.2) is 27.5 Å². The number of thioether (sulfide) groups is 1. The van der Waals surface area contributed by atoms with Gasteiger partial charge in [0.05, 0.1) is 17.0 Å². The van der Waals surface area contributed by atoms with Crippen LogP contribution in [0.5, 0.6) is 5.75 Å². The maximum absolute atomic E-state index is 12.3. The van der Waals surface area contributed by atoms with E-state index in [1.54, 1.807) is 19.2 Å². The van der Waals surface area contributed by atoms with Crippen molar-refractivity contribution in [1.82, 2.24) is 10.4 Å². The van der Waals surface area contributed by atoms with Gasteiger partial charge in [-0.1, -0.05) is 48.5 Å². The second kappa shape index (κ2) is 8.32. The molecular formula is C23H19N3O2S. The molecule has 0 atom stereocenters. The van der Waals surface area contributed by atoms with Gasteiger partial charge in [0.15, 0.2) is 0 Å². The molecule has 3 aromatic carbocycles. The van der Waals surface area contributed by atoms with Crippen LogP contribution >= 0.6 is 11.8 Å². The molecule has 0 aliphatic rings. The first kappa shape index (κ1) is 19.0. The Kier molecular flexibility index (Phi) is 5.44. The molecule has 6 heteroatoms. The first-order valence-electron chi connectivity index (χ1n) is 9.14. The van der Waals surface area contributed by atoms with E-state index in [1.165, 1.54) is 11.8 Å². The van der Waals surface area contributed by atoms with Crippen LogP contribution in [0, 0.1) is 0 Å². The molecule has 1 aromatic heterocycles.